The van der Waals surface area contributed by atoms with Gasteiger partial charge in [-0.05, 0) is 37.1 Å². The maximum atomic E-state index is 12.7. The average Bonchev–Trinajstić information content (AvgIpc) is 2.30. The predicted molar refractivity (Wildman–Crippen MR) is 67.3 cm³/mol. The third-order valence-electron chi connectivity index (χ3n) is 3.45. The van der Waals surface area contributed by atoms with E-state index < -0.39 is 17.4 Å². The van der Waals surface area contributed by atoms with E-state index in [0.717, 1.165) is 6.42 Å². The van der Waals surface area contributed by atoms with E-state index in [1.54, 1.807) is 0 Å². The van der Waals surface area contributed by atoms with Crippen molar-refractivity contribution in [2.45, 2.75) is 19.3 Å². The van der Waals surface area contributed by atoms with Crippen molar-refractivity contribution >= 4 is 17.7 Å². The molecule has 1 aliphatic carbocycles. The van der Waals surface area contributed by atoms with Crippen LogP contribution >= 0.6 is 0 Å². The molecule has 2 amide bonds. The van der Waals surface area contributed by atoms with Gasteiger partial charge >= 0.3 is 12.0 Å². The standard InChI is InChI=1S/C13H15FN2O3/c14-9-2-4-10(5-3-9)16-12(19)15-8-13(11(17)18)6-1-7-13/h2-5H,1,6-8H2,(H,17,18)(H2,15,16,19). The van der Waals surface area contributed by atoms with Gasteiger partial charge in [0.1, 0.15) is 5.82 Å². The van der Waals surface area contributed by atoms with E-state index in [2.05, 4.69) is 10.6 Å². The van der Waals surface area contributed by atoms with Crippen molar-refractivity contribution in [2.24, 2.45) is 5.41 Å². The molecule has 0 heterocycles. The van der Waals surface area contributed by atoms with Gasteiger partial charge in [0, 0.05) is 12.2 Å². The lowest BCUT2D eigenvalue weighted by Gasteiger charge is -2.37. The molecule has 0 radical (unpaired) electrons. The Hall–Kier alpha value is -2.11. The highest BCUT2D eigenvalue weighted by Crippen LogP contribution is 2.40. The highest BCUT2D eigenvalue weighted by Gasteiger charge is 2.44. The molecular formula is C13H15FN2O3. The fourth-order valence-electron chi connectivity index (χ4n) is 2.03. The van der Waals surface area contributed by atoms with Crippen LogP contribution in [0.5, 0.6) is 0 Å². The van der Waals surface area contributed by atoms with Crippen LogP contribution in [0.2, 0.25) is 0 Å². The number of halogens is 1. The van der Waals surface area contributed by atoms with Gasteiger partial charge in [-0.1, -0.05) is 6.42 Å². The Morgan fingerprint density at radius 2 is 1.89 bits per heavy atom. The molecule has 5 nitrogen and oxygen atoms in total. The zero-order valence-electron chi connectivity index (χ0n) is 10.3. The third-order valence-corrected chi connectivity index (χ3v) is 3.45. The van der Waals surface area contributed by atoms with Crippen molar-refractivity contribution in [2.75, 3.05) is 11.9 Å². The Morgan fingerprint density at radius 1 is 1.26 bits per heavy atom. The number of amides is 2. The van der Waals surface area contributed by atoms with Gasteiger partial charge in [-0.2, -0.15) is 0 Å². The second-order valence-corrected chi connectivity index (χ2v) is 4.75. The number of hydrogen-bond donors (Lipinski definition) is 3. The van der Waals surface area contributed by atoms with Crippen molar-refractivity contribution in [1.82, 2.24) is 5.32 Å². The van der Waals surface area contributed by atoms with Gasteiger partial charge in [0.15, 0.2) is 0 Å². The van der Waals surface area contributed by atoms with Gasteiger partial charge in [0.2, 0.25) is 0 Å². The topological polar surface area (TPSA) is 78.4 Å². The smallest absolute Gasteiger partial charge is 0.319 e. The summed E-state index contributed by atoms with van der Waals surface area (Å²) in [4.78, 5) is 22.7. The summed E-state index contributed by atoms with van der Waals surface area (Å²) < 4.78 is 12.7. The fourth-order valence-corrected chi connectivity index (χ4v) is 2.03. The molecule has 0 aliphatic heterocycles. The number of hydrogen-bond acceptors (Lipinski definition) is 2. The first kappa shape index (κ1) is 13.3. The first-order valence-corrected chi connectivity index (χ1v) is 6.06. The molecule has 0 aromatic heterocycles. The van der Waals surface area contributed by atoms with Gasteiger partial charge in [0.25, 0.3) is 0 Å². The molecular weight excluding hydrogens is 251 g/mol. The van der Waals surface area contributed by atoms with E-state index in [9.17, 15) is 14.0 Å². The van der Waals surface area contributed by atoms with Crippen LogP contribution in [0.4, 0.5) is 14.9 Å². The predicted octanol–water partition coefficient (Wildman–Crippen LogP) is 2.20. The Bertz CT molecular complexity index is 483. The first-order valence-electron chi connectivity index (χ1n) is 6.06. The number of nitrogens with one attached hydrogen (secondary N) is 2. The maximum Gasteiger partial charge on any atom is 0.319 e. The third kappa shape index (κ3) is 3.01. The SMILES string of the molecule is O=C(NCC1(C(=O)O)CCC1)Nc1ccc(F)cc1. The zero-order valence-corrected chi connectivity index (χ0v) is 10.3. The Kier molecular flexibility index (Phi) is 3.69. The zero-order chi connectivity index (χ0) is 13.9. The molecule has 3 N–H and O–H groups in total. The monoisotopic (exact) mass is 266 g/mol. The molecule has 102 valence electrons. The van der Waals surface area contributed by atoms with Crippen LogP contribution in [0.15, 0.2) is 24.3 Å². The average molecular weight is 266 g/mol. The van der Waals surface area contributed by atoms with E-state index in [1.165, 1.54) is 24.3 Å². The number of carboxylic acids is 1. The second-order valence-electron chi connectivity index (χ2n) is 4.75. The number of carbonyl (C=O) groups excluding carboxylic acids is 1. The minimum atomic E-state index is -0.874. The van der Waals surface area contributed by atoms with Crippen molar-refractivity contribution in [1.29, 1.82) is 0 Å². The van der Waals surface area contributed by atoms with Gasteiger partial charge in [0.05, 0.1) is 5.41 Å². The highest BCUT2D eigenvalue weighted by molar-refractivity contribution is 5.89. The molecule has 1 saturated carbocycles. The van der Waals surface area contributed by atoms with E-state index >= 15 is 0 Å². The largest absolute Gasteiger partial charge is 0.481 e. The van der Waals surface area contributed by atoms with Gasteiger partial charge in [-0.25, -0.2) is 9.18 Å². The lowest BCUT2D eigenvalue weighted by molar-refractivity contribution is -0.153. The minimum Gasteiger partial charge on any atom is -0.481 e. The number of carboxylic acid groups (broad SMARTS) is 1. The Balaban J connectivity index is 1.85. The summed E-state index contributed by atoms with van der Waals surface area (Å²) in [6, 6.07) is 4.86. The number of aliphatic carboxylic acids is 1. The molecule has 6 heteroatoms. The quantitative estimate of drug-likeness (QED) is 0.781. The number of anilines is 1. The molecule has 1 aromatic carbocycles. The van der Waals surface area contributed by atoms with Crippen LogP contribution in [0.25, 0.3) is 0 Å². The summed E-state index contributed by atoms with van der Waals surface area (Å²) in [5.74, 6) is -1.26. The number of rotatable bonds is 4. The first-order chi connectivity index (χ1) is 9.02. The molecule has 1 fully saturated rings. The van der Waals surface area contributed by atoms with Crippen molar-refractivity contribution in [3.63, 3.8) is 0 Å². The molecule has 0 saturated heterocycles. The van der Waals surface area contributed by atoms with Crippen molar-refractivity contribution < 1.29 is 19.1 Å². The van der Waals surface area contributed by atoms with Crippen LogP contribution in [-0.2, 0) is 4.79 Å². The van der Waals surface area contributed by atoms with E-state index in [1.807, 2.05) is 0 Å². The van der Waals surface area contributed by atoms with E-state index in [-0.39, 0.29) is 12.4 Å². The minimum absolute atomic E-state index is 0.107. The lowest BCUT2D eigenvalue weighted by Crippen LogP contribution is -2.48. The fraction of sp³-hybridized carbons (Fsp3) is 0.385. The van der Waals surface area contributed by atoms with Gasteiger partial charge < -0.3 is 15.7 Å². The summed E-state index contributed by atoms with van der Waals surface area (Å²) in [6.07, 6.45) is 2.03. The highest BCUT2D eigenvalue weighted by atomic mass is 19.1. The summed E-state index contributed by atoms with van der Waals surface area (Å²) in [5.41, 5.74) is -0.364. The van der Waals surface area contributed by atoms with Crippen LogP contribution in [0.3, 0.4) is 0 Å². The number of benzene rings is 1. The summed E-state index contributed by atoms with van der Waals surface area (Å²) in [7, 11) is 0. The molecule has 2 rings (SSSR count). The van der Waals surface area contributed by atoms with Crippen LogP contribution in [0.1, 0.15) is 19.3 Å². The van der Waals surface area contributed by atoms with Gasteiger partial charge in [-0.3, -0.25) is 4.79 Å². The van der Waals surface area contributed by atoms with E-state index in [0.29, 0.717) is 18.5 Å². The molecule has 19 heavy (non-hydrogen) atoms. The van der Waals surface area contributed by atoms with Crippen molar-refractivity contribution in [3.8, 4) is 0 Å². The normalized spacial score (nSPS) is 16.3. The molecule has 0 unspecified atom stereocenters. The lowest BCUT2D eigenvalue weighted by atomic mass is 9.69. The van der Waals surface area contributed by atoms with Crippen LogP contribution < -0.4 is 10.6 Å². The molecule has 1 aromatic rings. The molecule has 1 aliphatic rings. The molecule has 0 spiro atoms. The summed E-state index contributed by atoms with van der Waals surface area (Å²) >= 11 is 0. The number of urea groups is 1. The maximum absolute atomic E-state index is 12.7. The summed E-state index contributed by atoms with van der Waals surface area (Å²) in [6.45, 7) is 0.107. The second kappa shape index (κ2) is 5.26. The molecule has 0 atom stereocenters. The van der Waals surface area contributed by atoms with Gasteiger partial charge in [-0.15, -0.1) is 0 Å². The Morgan fingerprint density at radius 3 is 2.37 bits per heavy atom. The number of carbonyl (C=O) groups is 2. The Labute approximate surface area is 109 Å². The molecule has 0 bridgehead atoms. The van der Waals surface area contributed by atoms with Crippen LogP contribution in [0, 0.1) is 11.2 Å². The van der Waals surface area contributed by atoms with E-state index in [4.69, 9.17) is 5.11 Å². The summed E-state index contributed by atoms with van der Waals surface area (Å²) in [5, 5.41) is 14.2. The van der Waals surface area contributed by atoms with Crippen molar-refractivity contribution in [3.05, 3.63) is 30.1 Å². The van der Waals surface area contributed by atoms with Crippen LogP contribution in [-0.4, -0.2) is 23.7 Å².